The summed E-state index contributed by atoms with van der Waals surface area (Å²) in [6.45, 7) is 5.73. The van der Waals surface area contributed by atoms with Crippen LogP contribution in [0.3, 0.4) is 0 Å². The minimum Gasteiger partial charge on any atom is -0.352 e. The zero-order chi connectivity index (χ0) is 24.7. The first kappa shape index (κ1) is 24.1. The minimum atomic E-state index is -4.98. The molecule has 0 bridgehead atoms. The van der Waals surface area contributed by atoms with Gasteiger partial charge in [0.1, 0.15) is 5.82 Å². The Bertz CT molecular complexity index is 1100. The van der Waals surface area contributed by atoms with E-state index < -0.39 is 17.5 Å². The van der Waals surface area contributed by atoms with Gasteiger partial charge in [-0.3, -0.25) is 4.79 Å². The first-order chi connectivity index (χ1) is 16.0. The number of nitrogens with one attached hydrogen (secondary N) is 1. The van der Waals surface area contributed by atoms with Gasteiger partial charge in [-0.1, -0.05) is 31.5 Å². The van der Waals surface area contributed by atoms with Crippen LogP contribution >= 0.6 is 11.6 Å². The van der Waals surface area contributed by atoms with Gasteiger partial charge in [-0.25, -0.2) is 9.78 Å². The summed E-state index contributed by atoms with van der Waals surface area (Å²) in [7, 11) is 0. The number of anilines is 3. The van der Waals surface area contributed by atoms with Crippen molar-refractivity contribution in [3.8, 4) is 0 Å². The first-order valence-corrected chi connectivity index (χ1v) is 11.3. The summed E-state index contributed by atoms with van der Waals surface area (Å²) >= 11 is 6.21. The number of hydrogen-bond donors (Lipinski definition) is 1. The molecule has 1 aromatic heterocycles. The number of amides is 3. The predicted octanol–water partition coefficient (Wildman–Crippen LogP) is 4.67. The molecule has 11 heteroatoms. The Morgan fingerprint density at radius 3 is 2.44 bits per heavy atom. The van der Waals surface area contributed by atoms with Crippen LogP contribution in [0.15, 0.2) is 36.5 Å². The van der Waals surface area contributed by atoms with E-state index in [0.29, 0.717) is 54.7 Å². The number of nitrogens with zero attached hydrogens (tertiary/aromatic N) is 4. The highest BCUT2D eigenvalue weighted by molar-refractivity contribution is 6.32. The molecule has 2 aliphatic heterocycles. The molecule has 0 spiro atoms. The van der Waals surface area contributed by atoms with Crippen LogP contribution in [0.4, 0.5) is 35.2 Å². The molecular formula is C23H25ClF3N5O2. The Morgan fingerprint density at radius 2 is 1.79 bits per heavy atom. The zero-order valence-electron chi connectivity index (χ0n) is 18.8. The van der Waals surface area contributed by atoms with Crippen LogP contribution in [0.25, 0.3) is 0 Å². The molecule has 1 saturated heterocycles. The maximum Gasteiger partial charge on any atom is 0.471 e. The van der Waals surface area contributed by atoms with Gasteiger partial charge in [-0.15, -0.1) is 0 Å². The van der Waals surface area contributed by atoms with Gasteiger partial charge in [0.2, 0.25) is 0 Å². The number of carbonyl (C=O) groups excluding carboxylic acids is 2. The molecule has 0 atom stereocenters. The Morgan fingerprint density at radius 1 is 1.09 bits per heavy atom. The van der Waals surface area contributed by atoms with Crippen LogP contribution in [-0.4, -0.2) is 60.7 Å². The molecular weight excluding hydrogens is 471 g/mol. The van der Waals surface area contributed by atoms with E-state index in [2.05, 4.69) is 10.3 Å². The van der Waals surface area contributed by atoms with Gasteiger partial charge in [0, 0.05) is 50.3 Å². The molecule has 182 valence electrons. The van der Waals surface area contributed by atoms with Crippen LogP contribution in [-0.2, 0) is 10.2 Å². The fourth-order valence-electron chi connectivity index (χ4n) is 4.35. The second-order valence-corrected chi connectivity index (χ2v) is 9.44. The molecule has 7 nitrogen and oxygen atoms in total. The number of aromatic nitrogens is 1. The van der Waals surface area contributed by atoms with Crippen LogP contribution in [0, 0.1) is 0 Å². The Labute approximate surface area is 200 Å². The number of pyridine rings is 1. The van der Waals surface area contributed by atoms with Crippen molar-refractivity contribution >= 4 is 40.7 Å². The van der Waals surface area contributed by atoms with E-state index >= 15 is 0 Å². The van der Waals surface area contributed by atoms with Gasteiger partial charge >= 0.3 is 18.1 Å². The number of hydrogen-bond acceptors (Lipinski definition) is 4. The lowest BCUT2D eigenvalue weighted by molar-refractivity contribution is -0.170. The molecule has 0 aliphatic carbocycles. The Kier molecular flexibility index (Phi) is 6.37. The van der Waals surface area contributed by atoms with Gasteiger partial charge in [0.15, 0.2) is 0 Å². The van der Waals surface area contributed by atoms with Crippen molar-refractivity contribution in [1.82, 2.24) is 9.88 Å². The highest BCUT2D eigenvalue weighted by Crippen LogP contribution is 2.42. The molecule has 0 saturated carbocycles. The van der Waals surface area contributed by atoms with Crippen molar-refractivity contribution in [2.75, 3.05) is 47.8 Å². The van der Waals surface area contributed by atoms with E-state index in [1.807, 2.05) is 18.7 Å². The third kappa shape index (κ3) is 4.77. The number of carbonyl (C=O) groups is 2. The van der Waals surface area contributed by atoms with E-state index in [1.165, 1.54) is 6.07 Å². The Hall–Kier alpha value is -3.01. The monoisotopic (exact) mass is 495 g/mol. The molecule has 4 rings (SSSR count). The van der Waals surface area contributed by atoms with Crippen LogP contribution in [0.2, 0.25) is 5.02 Å². The average Bonchev–Trinajstić information content (AvgIpc) is 2.78. The van der Waals surface area contributed by atoms with E-state index in [1.54, 1.807) is 35.4 Å². The summed E-state index contributed by atoms with van der Waals surface area (Å²) < 4.78 is 39.5. The summed E-state index contributed by atoms with van der Waals surface area (Å²) in [5, 5.41) is 3.30. The maximum absolute atomic E-state index is 13.2. The first-order valence-electron chi connectivity index (χ1n) is 10.9. The summed E-state index contributed by atoms with van der Waals surface area (Å²) in [4.78, 5) is 33.5. The molecule has 1 fully saturated rings. The maximum atomic E-state index is 13.2. The number of piperazine rings is 1. The molecule has 0 radical (unpaired) electrons. The number of halogens is 4. The summed E-state index contributed by atoms with van der Waals surface area (Å²) in [5.41, 5.74) is 0.737. The SMILES string of the molecule is CC1(C)CCN(C(=O)C(F)(F)F)c2cc(NC(=O)N3CCN(c4ncccc4Cl)CC3)ccc21. The third-order valence-corrected chi connectivity index (χ3v) is 6.62. The molecule has 3 amide bonds. The fourth-order valence-corrected chi connectivity index (χ4v) is 4.59. The predicted molar refractivity (Wildman–Crippen MR) is 125 cm³/mol. The van der Waals surface area contributed by atoms with E-state index in [4.69, 9.17) is 11.6 Å². The summed E-state index contributed by atoms with van der Waals surface area (Å²) in [6.07, 6.45) is -2.92. The summed E-state index contributed by atoms with van der Waals surface area (Å²) in [6, 6.07) is 7.93. The Balaban J connectivity index is 1.48. The van der Waals surface area contributed by atoms with Crippen molar-refractivity contribution in [3.05, 3.63) is 47.1 Å². The lowest BCUT2D eigenvalue weighted by Gasteiger charge is -2.39. The van der Waals surface area contributed by atoms with Crippen molar-refractivity contribution < 1.29 is 22.8 Å². The van der Waals surface area contributed by atoms with Gasteiger partial charge in [0.25, 0.3) is 0 Å². The van der Waals surface area contributed by atoms with E-state index in [0.717, 1.165) is 4.90 Å². The number of benzene rings is 1. The highest BCUT2D eigenvalue weighted by atomic mass is 35.5. The second kappa shape index (κ2) is 8.98. The van der Waals surface area contributed by atoms with Crippen LogP contribution < -0.4 is 15.1 Å². The van der Waals surface area contributed by atoms with Crippen molar-refractivity contribution in [2.24, 2.45) is 0 Å². The molecule has 34 heavy (non-hydrogen) atoms. The molecule has 1 aromatic carbocycles. The van der Waals surface area contributed by atoms with Crippen LogP contribution in [0.5, 0.6) is 0 Å². The van der Waals surface area contributed by atoms with Crippen molar-refractivity contribution in [2.45, 2.75) is 31.9 Å². The third-order valence-electron chi connectivity index (χ3n) is 6.32. The average molecular weight is 496 g/mol. The lowest BCUT2D eigenvalue weighted by Crippen LogP contribution is -2.50. The smallest absolute Gasteiger partial charge is 0.352 e. The number of fused-ring (bicyclic) bond motifs is 1. The number of urea groups is 1. The molecule has 2 aromatic rings. The fraction of sp³-hybridized carbons (Fsp3) is 0.435. The van der Waals surface area contributed by atoms with Gasteiger partial charge in [0.05, 0.1) is 5.02 Å². The normalized spacial score (nSPS) is 17.9. The lowest BCUT2D eigenvalue weighted by atomic mass is 9.77. The van der Waals surface area contributed by atoms with E-state index in [-0.39, 0.29) is 18.3 Å². The van der Waals surface area contributed by atoms with Crippen molar-refractivity contribution in [1.29, 1.82) is 0 Å². The minimum absolute atomic E-state index is 0.0478. The van der Waals surface area contributed by atoms with E-state index in [9.17, 15) is 22.8 Å². The van der Waals surface area contributed by atoms with Gasteiger partial charge in [-0.2, -0.15) is 13.2 Å². The second-order valence-electron chi connectivity index (χ2n) is 9.03. The molecule has 3 heterocycles. The molecule has 1 N–H and O–H groups in total. The largest absolute Gasteiger partial charge is 0.471 e. The molecule has 2 aliphatic rings. The summed E-state index contributed by atoms with van der Waals surface area (Å²) in [5.74, 6) is -1.24. The zero-order valence-corrected chi connectivity index (χ0v) is 19.6. The number of rotatable bonds is 2. The number of alkyl halides is 3. The highest BCUT2D eigenvalue weighted by Gasteiger charge is 2.46. The quantitative estimate of drug-likeness (QED) is 0.657. The van der Waals surface area contributed by atoms with Crippen molar-refractivity contribution in [3.63, 3.8) is 0 Å². The molecule has 0 unspecified atom stereocenters. The topological polar surface area (TPSA) is 68.8 Å². The standard InChI is InChI=1S/C23H25ClF3N5O2/c1-22(2)7-9-32(20(33)23(25,26)27)18-14-15(5-6-16(18)22)29-21(34)31-12-10-30(11-13-31)19-17(24)4-3-8-28-19/h3-6,8,14H,7,9-13H2,1-2H3,(H,29,34). The van der Waals surface area contributed by atoms with Crippen LogP contribution in [0.1, 0.15) is 25.8 Å². The van der Waals surface area contributed by atoms with Gasteiger partial charge < -0.3 is 20.0 Å². The van der Waals surface area contributed by atoms with Gasteiger partial charge in [-0.05, 0) is 41.7 Å².